The Bertz CT molecular complexity index is 1200. The fraction of sp³-hybridized carbons (Fsp3) is 0.182. The van der Waals surface area contributed by atoms with Gasteiger partial charge in [-0.25, -0.2) is 0 Å². The van der Waals surface area contributed by atoms with E-state index in [4.69, 9.17) is 0 Å². The van der Waals surface area contributed by atoms with Crippen LogP contribution < -0.4 is 4.80 Å². The standard InChI is InChI=1S/C22H19BrN2OS/c1-2-12-25-19-11-10-17(23)14-20(19)27-22(25)24-21(26)13-16-8-5-7-15-6-3-4-9-18(15)16/h3-11,14H,2,12-13H2,1H3. The molecule has 0 bridgehead atoms. The molecule has 0 fully saturated rings. The maximum atomic E-state index is 12.7. The van der Waals surface area contributed by atoms with E-state index >= 15 is 0 Å². The first-order valence-electron chi connectivity index (χ1n) is 8.99. The van der Waals surface area contributed by atoms with Crippen LogP contribution in [0, 0.1) is 0 Å². The molecule has 1 heterocycles. The van der Waals surface area contributed by atoms with Crippen LogP contribution >= 0.6 is 27.3 Å². The van der Waals surface area contributed by atoms with Crippen molar-refractivity contribution in [2.75, 3.05) is 0 Å². The number of halogens is 1. The molecule has 0 atom stereocenters. The summed E-state index contributed by atoms with van der Waals surface area (Å²) in [6.07, 6.45) is 1.30. The summed E-state index contributed by atoms with van der Waals surface area (Å²) in [5.41, 5.74) is 2.15. The van der Waals surface area contributed by atoms with Gasteiger partial charge in [0.1, 0.15) is 0 Å². The molecule has 1 amide bonds. The average molecular weight is 439 g/mol. The normalized spacial score (nSPS) is 12.1. The number of rotatable bonds is 4. The molecule has 0 unspecified atom stereocenters. The van der Waals surface area contributed by atoms with Crippen LogP contribution in [0.4, 0.5) is 0 Å². The first-order valence-corrected chi connectivity index (χ1v) is 10.6. The van der Waals surface area contributed by atoms with Gasteiger partial charge in [-0.05, 0) is 41.0 Å². The maximum absolute atomic E-state index is 12.7. The van der Waals surface area contributed by atoms with E-state index in [1.807, 2.05) is 30.3 Å². The smallest absolute Gasteiger partial charge is 0.252 e. The van der Waals surface area contributed by atoms with E-state index in [0.29, 0.717) is 6.42 Å². The van der Waals surface area contributed by atoms with Crippen molar-refractivity contribution in [3.05, 3.63) is 75.5 Å². The second-order valence-corrected chi connectivity index (χ2v) is 8.39. The second kappa shape index (κ2) is 7.79. The van der Waals surface area contributed by atoms with Crippen LogP contribution in [0.15, 0.2) is 70.1 Å². The first kappa shape index (κ1) is 18.1. The molecule has 0 saturated carbocycles. The summed E-state index contributed by atoms with van der Waals surface area (Å²) < 4.78 is 4.32. The van der Waals surface area contributed by atoms with Crippen molar-refractivity contribution in [1.82, 2.24) is 4.57 Å². The van der Waals surface area contributed by atoms with E-state index < -0.39 is 0 Å². The highest BCUT2D eigenvalue weighted by atomic mass is 79.9. The number of benzene rings is 3. The molecule has 0 N–H and O–H groups in total. The Kier molecular flexibility index (Phi) is 5.23. The fourth-order valence-electron chi connectivity index (χ4n) is 3.33. The number of thiazole rings is 1. The zero-order chi connectivity index (χ0) is 18.8. The van der Waals surface area contributed by atoms with Crippen LogP contribution in [0.3, 0.4) is 0 Å². The lowest BCUT2D eigenvalue weighted by molar-refractivity contribution is -0.117. The van der Waals surface area contributed by atoms with Gasteiger partial charge in [-0.15, -0.1) is 0 Å². The molecule has 4 aromatic rings. The zero-order valence-electron chi connectivity index (χ0n) is 15.0. The minimum Gasteiger partial charge on any atom is -0.316 e. The number of nitrogens with zero attached hydrogens (tertiary/aromatic N) is 2. The molecule has 0 radical (unpaired) electrons. The summed E-state index contributed by atoms with van der Waals surface area (Å²) in [4.78, 5) is 18.0. The van der Waals surface area contributed by atoms with Gasteiger partial charge in [0.05, 0.1) is 16.6 Å². The third-order valence-corrected chi connectivity index (χ3v) is 6.07. The molecule has 136 valence electrons. The predicted octanol–water partition coefficient (Wildman–Crippen LogP) is 5.70. The van der Waals surface area contributed by atoms with Gasteiger partial charge < -0.3 is 4.57 Å². The molecule has 0 aliphatic carbocycles. The largest absolute Gasteiger partial charge is 0.316 e. The SMILES string of the molecule is CCCn1c(=NC(=O)Cc2cccc3ccccc23)sc2cc(Br)ccc21. The first-order chi connectivity index (χ1) is 13.2. The predicted molar refractivity (Wildman–Crippen MR) is 116 cm³/mol. The number of carbonyl (C=O) groups excluding carboxylic acids is 1. The summed E-state index contributed by atoms with van der Waals surface area (Å²) in [6.45, 7) is 2.99. The summed E-state index contributed by atoms with van der Waals surface area (Å²) in [5.74, 6) is -0.109. The van der Waals surface area contributed by atoms with Gasteiger partial charge in [0.2, 0.25) is 0 Å². The fourth-order valence-corrected chi connectivity index (χ4v) is 4.95. The van der Waals surface area contributed by atoms with Gasteiger partial charge in [-0.1, -0.05) is 76.7 Å². The Balaban J connectivity index is 1.74. The summed E-state index contributed by atoms with van der Waals surface area (Å²) in [6, 6.07) is 20.4. The third-order valence-electron chi connectivity index (χ3n) is 4.53. The highest BCUT2D eigenvalue weighted by Crippen LogP contribution is 2.23. The van der Waals surface area contributed by atoms with Gasteiger partial charge in [0.25, 0.3) is 5.91 Å². The van der Waals surface area contributed by atoms with Crippen LogP contribution in [-0.4, -0.2) is 10.5 Å². The van der Waals surface area contributed by atoms with E-state index in [2.05, 4.69) is 62.7 Å². The monoisotopic (exact) mass is 438 g/mol. The van der Waals surface area contributed by atoms with Gasteiger partial charge >= 0.3 is 0 Å². The lowest BCUT2D eigenvalue weighted by Crippen LogP contribution is -2.17. The van der Waals surface area contributed by atoms with Gasteiger partial charge in [-0.3, -0.25) is 4.79 Å². The van der Waals surface area contributed by atoms with E-state index in [1.165, 1.54) is 0 Å². The number of hydrogen-bond acceptors (Lipinski definition) is 2. The van der Waals surface area contributed by atoms with Gasteiger partial charge in [0, 0.05) is 11.0 Å². The van der Waals surface area contributed by atoms with Gasteiger partial charge in [-0.2, -0.15) is 4.99 Å². The summed E-state index contributed by atoms with van der Waals surface area (Å²) >= 11 is 5.09. The minimum atomic E-state index is -0.109. The number of aromatic nitrogens is 1. The van der Waals surface area contributed by atoms with Crippen molar-refractivity contribution in [2.45, 2.75) is 26.3 Å². The molecular formula is C22H19BrN2OS. The Morgan fingerprint density at radius 1 is 1.11 bits per heavy atom. The number of fused-ring (bicyclic) bond motifs is 2. The van der Waals surface area contributed by atoms with E-state index in [-0.39, 0.29) is 5.91 Å². The second-order valence-electron chi connectivity index (χ2n) is 6.47. The number of hydrogen-bond donors (Lipinski definition) is 0. The Morgan fingerprint density at radius 2 is 1.93 bits per heavy atom. The molecule has 0 spiro atoms. The van der Waals surface area contributed by atoms with Crippen molar-refractivity contribution in [2.24, 2.45) is 4.99 Å². The number of carbonyl (C=O) groups is 1. The van der Waals surface area contributed by atoms with Crippen LogP contribution in [-0.2, 0) is 17.8 Å². The summed E-state index contributed by atoms with van der Waals surface area (Å²) in [7, 11) is 0. The van der Waals surface area contributed by atoms with Crippen LogP contribution in [0.25, 0.3) is 21.0 Å². The number of amides is 1. The molecule has 0 saturated heterocycles. The molecule has 5 heteroatoms. The molecule has 1 aromatic heterocycles. The molecule has 3 aromatic carbocycles. The zero-order valence-corrected chi connectivity index (χ0v) is 17.4. The van der Waals surface area contributed by atoms with E-state index in [0.717, 1.165) is 48.8 Å². The lowest BCUT2D eigenvalue weighted by Gasteiger charge is -2.05. The van der Waals surface area contributed by atoms with E-state index in [9.17, 15) is 4.79 Å². The van der Waals surface area contributed by atoms with Crippen molar-refractivity contribution >= 4 is 54.2 Å². The molecule has 0 aliphatic rings. The van der Waals surface area contributed by atoms with Crippen molar-refractivity contribution in [3.63, 3.8) is 0 Å². The highest BCUT2D eigenvalue weighted by Gasteiger charge is 2.10. The molecular weight excluding hydrogens is 420 g/mol. The average Bonchev–Trinajstić information content (AvgIpc) is 2.98. The highest BCUT2D eigenvalue weighted by molar-refractivity contribution is 9.10. The Morgan fingerprint density at radius 3 is 2.78 bits per heavy atom. The molecule has 4 rings (SSSR count). The Hall–Kier alpha value is -2.24. The molecule has 27 heavy (non-hydrogen) atoms. The van der Waals surface area contributed by atoms with Crippen molar-refractivity contribution < 1.29 is 4.79 Å². The molecule has 3 nitrogen and oxygen atoms in total. The Labute approximate surface area is 170 Å². The van der Waals surface area contributed by atoms with Gasteiger partial charge in [0.15, 0.2) is 4.80 Å². The summed E-state index contributed by atoms with van der Waals surface area (Å²) in [5, 5.41) is 2.26. The minimum absolute atomic E-state index is 0.109. The van der Waals surface area contributed by atoms with Crippen LogP contribution in [0.2, 0.25) is 0 Å². The lowest BCUT2D eigenvalue weighted by atomic mass is 10.0. The van der Waals surface area contributed by atoms with Crippen LogP contribution in [0.5, 0.6) is 0 Å². The van der Waals surface area contributed by atoms with Crippen LogP contribution in [0.1, 0.15) is 18.9 Å². The third kappa shape index (κ3) is 3.75. The van der Waals surface area contributed by atoms with Crippen molar-refractivity contribution in [1.29, 1.82) is 0 Å². The maximum Gasteiger partial charge on any atom is 0.252 e. The number of aryl methyl sites for hydroxylation is 1. The van der Waals surface area contributed by atoms with E-state index in [1.54, 1.807) is 11.3 Å². The van der Waals surface area contributed by atoms with Crippen molar-refractivity contribution in [3.8, 4) is 0 Å². The molecule has 0 aliphatic heterocycles. The quantitative estimate of drug-likeness (QED) is 0.402. The topological polar surface area (TPSA) is 34.4 Å².